The highest BCUT2D eigenvalue weighted by molar-refractivity contribution is 5.52. The van der Waals surface area contributed by atoms with E-state index in [1.54, 1.807) is 6.33 Å². The molecule has 0 aliphatic heterocycles. The van der Waals surface area contributed by atoms with Gasteiger partial charge in [0.05, 0.1) is 11.2 Å². The minimum Gasteiger partial charge on any atom is -0.238 e. The number of aromatic nitrogens is 3. The van der Waals surface area contributed by atoms with Crippen LogP contribution >= 0.6 is 0 Å². The van der Waals surface area contributed by atoms with Crippen LogP contribution in [0.3, 0.4) is 0 Å². The number of fused-ring (bicyclic) bond motifs is 1. The minimum absolute atomic E-state index is 0.118. The summed E-state index contributed by atoms with van der Waals surface area (Å²) in [6.45, 7) is 8.56. The van der Waals surface area contributed by atoms with Crippen LogP contribution in [0.25, 0.3) is 5.52 Å². The quantitative estimate of drug-likeness (QED) is 0.636. The van der Waals surface area contributed by atoms with Crippen LogP contribution in [0.4, 0.5) is 0 Å². The molecule has 2 aromatic rings. The molecular weight excluding hydrogens is 174 g/mol. The van der Waals surface area contributed by atoms with Gasteiger partial charge in [-0.3, -0.25) is 0 Å². The first-order chi connectivity index (χ1) is 6.50. The summed E-state index contributed by atoms with van der Waals surface area (Å²) in [5.74, 6) is 0. The van der Waals surface area contributed by atoms with E-state index in [-0.39, 0.29) is 5.41 Å². The van der Waals surface area contributed by atoms with Crippen LogP contribution in [0.5, 0.6) is 0 Å². The van der Waals surface area contributed by atoms with Crippen LogP contribution < -0.4 is 0 Å². The lowest BCUT2D eigenvalue weighted by molar-refractivity contribution is 0.549. The molecule has 0 unspecified atom stereocenters. The van der Waals surface area contributed by atoms with Crippen LogP contribution in [0.1, 0.15) is 32.2 Å². The van der Waals surface area contributed by atoms with Crippen LogP contribution in [0, 0.1) is 6.92 Å². The van der Waals surface area contributed by atoms with Crippen LogP contribution in [-0.4, -0.2) is 14.6 Å². The first-order valence-corrected chi connectivity index (χ1v) is 4.80. The largest absolute Gasteiger partial charge is 0.238 e. The van der Waals surface area contributed by atoms with Gasteiger partial charge in [-0.15, -0.1) is 0 Å². The molecule has 3 nitrogen and oxygen atoms in total. The zero-order valence-electron chi connectivity index (χ0n) is 9.07. The van der Waals surface area contributed by atoms with Gasteiger partial charge in [-0.2, -0.15) is 5.10 Å². The molecule has 2 rings (SSSR count). The Morgan fingerprint density at radius 3 is 2.57 bits per heavy atom. The van der Waals surface area contributed by atoms with Crippen molar-refractivity contribution >= 4 is 5.52 Å². The van der Waals surface area contributed by atoms with Crippen LogP contribution in [0.15, 0.2) is 18.5 Å². The van der Waals surface area contributed by atoms with Crippen molar-refractivity contribution in [2.45, 2.75) is 33.1 Å². The van der Waals surface area contributed by atoms with Crippen molar-refractivity contribution in [3.8, 4) is 0 Å². The fourth-order valence-electron chi connectivity index (χ4n) is 1.63. The highest BCUT2D eigenvalue weighted by atomic mass is 15.2. The standard InChI is InChI=1S/C11H15N3/c1-8-9-5-6-10(11(2,3)4)14(9)13-7-12-8/h5-7H,1-4H3. The molecular formula is C11H15N3. The maximum absolute atomic E-state index is 4.27. The molecule has 0 saturated carbocycles. The molecule has 2 heterocycles. The van der Waals surface area contributed by atoms with Gasteiger partial charge < -0.3 is 0 Å². The normalized spacial score (nSPS) is 12.3. The topological polar surface area (TPSA) is 30.2 Å². The highest BCUT2D eigenvalue weighted by Crippen LogP contribution is 2.24. The second-order valence-corrected chi connectivity index (χ2v) is 4.61. The maximum Gasteiger partial charge on any atom is 0.136 e. The molecule has 0 N–H and O–H groups in total. The number of nitrogens with zero attached hydrogens (tertiary/aromatic N) is 3. The zero-order valence-corrected chi connectivity index (χ0v) is 9.07. The van der Waals surface area contributed by atoms with Gasteiger partial charge in [0, 0.05) is 11.1 Å². The lowest BCUT2D eigenvalue weighted by Gasteiger charge is -2.17. The summed E-state index contributed by atoms with van der Waals surface area (Å²) in [7, 11) is 0. The van der Waals surface area contributed by atoms with Gasteiger partial charge in [0.2, 0.25) is 0 Å². The monoisotopic (exact) mass is 189 g/mol. The van der Waals surface area contributed by atoms with E-state index in [0.29, 0.717) is 0 Å². The van der Waals surface area contributed by atoms with Gasteiger partial charge >= 0.3 is 0 Å². The summed E-state index contributed by atoms with van der Waals surface area (Å²) in [6, 6.07) is 4.20. The smallest absolute Gasteiger partial charge is 0.136 e. The minimum atomic E-state index is 0.118. The molecule has 0 fully saturated rings. The Labute approximate surface area is 83.8 Å². The van der Waals surface area contributed by atoms with E-state index < -0.39 is 0 Å². The van der Waals surface area contributed by atoms with Gasteiger partial charge in [0.25, 0.3) is 0 Å². The second kappa shape index (κ2) is 2.80. The Morgan fingerprint density at radius 2 is 1.93 bits per heavy atom. The number of rotatable bonds is 0. The first-order valence-electron chi connectivity index (χ1n) is 4.80. The first kappa shape index (κ1) is 9.19. The Balaban J connectivity index is 2.76. The lowest BCUT2D eigenvalue weighted by atomic mass is 9.93. The third-order valence-electron chi connectivity index (χ3n) is 2.41. The number of hydrogen-bond acceptors (Lipinski definition) is 2. The van der Waals surface area contributed by atoms with E-state index in [1.165, 1.54) is 5.69 Å². The third-order valence-corrected chi connectivity index (χ3v) is 2.41. The molecule has 0 bridgehead atoms. The summed E-state index contributed by atoms with van der Waals surface area (Å²) in [6.07, 6.45) is 1.61. The summed E-state index contributed by atoms with van der Waals surface area (Å²) < 4.78 is 1.97. The van der Waals surface area contributed by atoms with Gasteiger partial charge in [0.1, 0.15) is 6.33 Å². The molecule has 0 aliphatic rings. The van der Waals surface area contributed by atoms with Gasteiger partial charge in [-0.1, -0.05) is 20.8 Å². The lowest BCUT2D eigenvalue weighted by Crippen LogP contribution is -2.15. The molecule has 0 radical (unpaired) electrons. The van der Waals surface area contributed by atoms with Crippen LogP contribution in [0.2, 0.25) is 0 Å². The molecule has 0 saturated heterocycles. The molecule has 14 heavy (non-hydrogen) atoms. The van der Waals surface area contributed by atoms with Crippen molar-refractivity contribution in [3.05, 3.63) is 29.8 Å². The Kier molecular flexibility index (Phi) is 1.84. The SMILES string of the molecule is Cc1ncnn2c(C(C)(C)C)ccc12. The van der Waals surface area contributed by atoms with Crippen molar-refractivity contribution in [3.63, 3.8) is 0 Å². The third kappa shape index (κ3) is 1.29. The van der Waals surface area contributed by atoms with E-state index in [1.807, 2.05) is 11.4 Å². The summed E-state index contributed by atoms with van der Waals surface area (Å²) in [5.41, 5.74) is 3.46. The molecule has 3 heteroatoms. The zero-order chi connectivity index (χ0) is 10.3. The van der Waals surface area contributed by atoms with Gasteiger partial charge in [-0.05, 0) is 19.1 Å². The Bertz CT molecular complexity index is 463. The van der Waals surface area contributed by atoms with E-state index >= 15 is 0 Å². The molecule has 0 amide bonds. The van der Waals surface area contributed by atoms with Crippen molar-refractivity contribution in [1.29, 1.82) is 0 Å². The predicted octanol–water partition coefficient (Wildman–Crippen LogP) is 2.34. The second-order valence-electron chi connectivity index (χ2n) is 4.61. The van der Waals surface area contributed by atoms with Crippen molar-refractivity contribution in [2.75, 3.05) is 0 Å². The molecule has 74 valence electrons. The average molecular weight is 189 g/mol. The van der Waals surface area contributed by atoms with Crippen molar-refractivity contribution < 1.29 is 0 Å². The average Bonchev–Trinajstić information content (AvgIpc) is 2.47. The van der Waals surface area contributed by atoms with E-state index in [0.717, 1.165) is 11.2 Å². The Morgan fingerprint density at radius 1 is 1.21 bits per heavy atom. The predicted molar refractivity (Wildman–Crippen MR) is 56.4 cm³/mol. The van der Waals surface area contributed by atoms with E-state index in [9.17, 15) is 0 Å². The van der Waals surface area contributed by atoms with E-state index in [2.05, 4.69) is 43.0 Å². The van der Waals surface area contributed by atoms with Crippen molar-refractivity contribution in [1.82, 2.24) is 14.6 Å². The molecule has 0 spiro atoms. The van der Waals surface area contributed by atoms with Gasteiger partial charge in [-0.25, -0.2) is 9.50 Å². The maximum atomic E-state index is 4.27. The summed E-state index contributed by atoms with van der Waals surface area (Å²) in [5, 5.41) is 4.27. The van der Waals surface area contributed by atoms with Crippen LogP contribution in [-0.2, 0) is 5.41 Å². The fourth-order valence-corrected chi connectivity index (χ4v) is 1.63. The molecule has 2 aromatic heterocycles. The molecule has 0 atom stereocenters. The Hall–Kier alpha value is -1.38. The highest BCUT2D eigenvalue weighted by Gasteiger charge is 2.18. The van der Waals surface area contributed by atoms with Crippen molar-refractivity contribution in [2.24, 2.45) is 0 Å². The number of aryl methyl sites for hydroxylation is 1. The van der Waals surface area contributed by atoms with Gasteiger partial charge in [0.15, 0.2) is 0 Å². The van der Waals surface area contributed by atoms with E-state index in [4.69, 9.17) is 0 Å². The summed E-state index contributed by atoms with van der Waals surface area (Å²) >= 11 is 0. The number of hydrogen-bond donors (Lipinski definition) is 0. The fraction of sp³-hybridized carbons (Fsp3) is 0.455. The molecule has 0 aromatic carbocycles. The molecule has 0 aliphatic carbocycles. The summed E-state index contributed by atoms with van der Waals surface area (Å²) in [4.78, 5) is 4.17.